The van der Waals surface area contributed by atoms with Crippen molar-refractivity contribution >= 4 is 21.4 Å². The highest BCUT2D eigenvalue weighted by molar-refractivity contribution is 7.89. The third kappa shape index (κ3) is 3.23. The lowest BCUT2D eigenvalue weighted by atomic mass is 10.3. The Hall–Kier alpha value is -1.29. The van der Waals surface area contributed by atoms with Crippen molar-refractivity contribution in [3.63, 3.8) is 0 Å². The summed E-state index contributed by atoms with van der Waals surface area (Å²) in [6.07, 6.45) is 0.554. The van der Waals surface area contributed by atoms with Gasteiger partial charge in [-0.05, 0) is 13.8 Å². The van der Waals surface area contributed by atoms with Crippen molar-refractivity contribution in [1.29, 1.82) is 0 Å². The molecule has 2 heterocycles. The van der Waals surface area contributed by atoms with Gasteiger partial charge in [-0.1, -0.05) is 0 Å². The van der Waals surface area contributed by atoms with Crippen LogP contribution in [0.4, 0.5) is 0 Å². The Labute approximate surface area is 121 Å². The number of aromatic amines is 1. The molecule has 0 spiro atoms. The zero-order chi connectivity index (χ0) is 14.8. The van der Waals surface area contributed by atoms with Gasteiger partial charge in [0.2, 0.25) is 10.0 Å². The molecule has 0 aromatic carbocycles. The van der Waals surface area contributed by atoms with Gasteiger partial charge in [-0.2, -0.15) is 5.10 Å². The first-order chi connectivity index (χ1) is 9.44. The van der Waals surface area contributed by atoms with E-state index in [9.17, 15) is 8.42 Å². The van der Waals surface area contributed by atoms with Crippen molar-refractivity contribution < 1.29 is 8.42 Å². The van der Waals surface area contributed by atoms with E-state index in [1.54, 1.807) is 18.3 Å². The SMILES string of the molecule is Cc1nc(CCNS(=O)(=O)c2c(CN)n[nH]c2C)cs1. The van der Waals surface area contributed by atoms with Gasteiger partial charge >= 0.3 is 0 Å². The summed E-state index contributed by atoms with van der Waals surface area (Å²) in [6, 6.07) is 0. The monoisotopic (exact) mass is 315 g/mol. The smallest absolute Gasteiger partial charge is 0.244 e. The second-order valence-electron chi connectivity index (χ2n) is 4.33. The molecule has 0 atom stereocenters. The van der Waals surface area contributed by atoms with Crippen LogP contribution in [0, 0.1) is 13.8 Å². The first kappa shape index (κ1) is 15.1. The fraction of sp³-hybridized carbons (Fsp3) is 0.455. The zero-order valence-corrected chi connectivity index (χ0v) is 12.9. The molecule has 0 bridgehead atoms. The molecule has 2 aromatic heterocycles. The number of aromatic nitrogens is 3. The van der Waals surface area contributed by atoms with E-state index in [2.05, 4.69) is 19.9 Å². The van der Waals surface area contributed by atoms with Crippen LogP contribution in [0.15, 0.2) is 10.3 Å². The van der Waals surface area contributed by atoms with Crippen LogP contribution in [0.25, 0.3) is 0 Å². The minimum atomic E-state index is -3.60. The predicted octanol–water partition coefficient (Wildman–Crippen LogP) is 0.463. The number of hydrogen-bond donors (Lipinski definition) is 3. The molecule has 0 saturated carbocycles. The quantitative estimate of drug-likeness (QED) is 0.716. The molecule has 20 heavy (non-hydrogen) atoms. The average molecular weight is 315 g/mol. The molecule has 0 unspecified atom stereocenters. The first-order valence-corrected chi connectivity index (χ1v) is 8.45. The lowest BCUT2D eigenvalue weighted by Gasteiger charge is -2.06. The van der Waals surface area contributed by atoms with E-state index >= 15 is 0 Å². The molecule has 0 aliphatic carbocycles. The maximum absolute atomic E-state index is 12.2. The van der Waals surface area contributed by atoms with Gasteiger partial charge < -0.3 is 5.73 Å². The van der Waals surface area contributed by atoms with Gasteiger partial charge in [0.25, 0.3) is 0 Å². The van der Waals surface area contributed by atoms with Crippen molar-refractivity contribution in [2.45, 2.75) is 31.7 Å². The number of nitrogens with two attached hydrogens (primary N) is 1. The van der Waals surface area contributed by atoms with Gasteiger partial charge in [-0.25, -0.2) is 18.1 Å². The fourth-order valence-electron chi connectivity index (χ4n) is 1.87. The van der Waals surface area contributed by atoms with E-state index in [-0.39, 0.29) is 11.4 Å². The van der Waals surface area contributed by atoms with Crippen LogP contribution in [0.2, 0.25) is 0 Å². The van der Waals surface area contributed by atoms with E-state index in [0.717, 1.165) is 10.7 Å². The van der Waals surface area contributed by atoms with Crippen LogP contribution in [-0.4, -0.2) is 30.1 Å². The van der Waals surface area contributed by atoms with Crippen LogP contribution in [0.3, 0.4) is 0 Å². The Bertz CT molecular complexity index is 689. The van der Waals surface area contributed by atoms with Gasteiger partial charge in [0, 0.05) is 24.9 Å². The van der Waals surface area contributed by atoms with Crippen molar-refractivity contribution in [2.24, 2.45) is 5.73 Å². The largest absolute Gasteiger partial charge is 0.325 e. The number of sulfonamides is 1. The number of nitrogens with zero attached hydrogens (tertiary/aromatic N) is 2. The van der Waals surface area contributed by atoms with Crippen LogP contribution in [0.1, 0.15) is 22.1 Å². The van der Waals surface area contributed by atoms with Gasteiger partial charge in [-0.15, -0.1) is 11.3 Å². The maximum atomic E-state index is 12.2. The van der Waals surface area contributed by atoms with E-state index in [4.69, 9.17) is 5.73 Å². The van der Waals surface area contributed by atoms with Crippen LogP contribution in [0.5, 0.6) is 0 Å². The second kappa shape index (κ2) is 6.00. The highest BCUT2D eigenvalue weighted by Crippen LogP contribution is 2.17. The van der Waals surface area contributed by atoms with Gasteiger partial charge in [0.05, 0.1) is 22.1 Å². The van der Waals surface area contributed by atoms with Crippen LogP contribution in [-0.2, 0) is 23.0 Å². The molecule has 0 amide bonds. The number of thiazole rings is 1. The summed E-state index contributed by atoms with van der Waals surface area (Å²) in [5.74, 6) is 0. The highest BCUT2D eigenvalue weighted by Gasteiger charge is 2.23. The number of nitrogens with one attached hydrogen (secondary N) is 2. The Morgan fingerprint density at radius 2 is 2.20 bits per heavy atom. The lowest BCUT2D eigenvalue weighted by molar-refractivity contribution is 0.579. The first-order valence-electron chi connectivity index (χ1n) is 6.08. The summed E-state index contributed by atoms with van der Waals surface area (Å²) < 4.78 is 27.0. The highest BCUT2D eigenvalue weighted by atomic mass is 32.2. The molecule has 0 aliphatic rings. The molecular weight excluding hydrogens is 298 g/mol. The van der Waals surface area contributed by atoms with Gasteiger partial charge in [0.1, 0.15) is 4.90 Å². The number of hydrogen-bond acceptors (Lipinski definition) is 6. The molecule has 2 aromatic rings. The molecule has 110 valence electrons. The van der Waals surface area contributed by atoms with Gasteiger partial charge in [-0.3, -0.25) is 5.10 Å². The number of rotatable bonds is 6. The molecule has 0 fully saturated rings. The minimum absolute atomic E-state index is 0.0753. The van der Waals surface area contributed by atoms with Crippen LogP contribution >= 0.6 is 11.3 Å². The number of aryl methyl sites for hydroxylation is 2. The normalized spacial score (nSPS) is 11.9. The summed E-state index contributed by atoms with van der Waals surface area (Å²) in [5.41, 5.74) is 7.22. The topological polar surface area (TPSA) is 114 Å². The molecular formula is C11H17N5O2S2. The summed E-state index contributed by atoms with van der Waals surface area (Å²) in [7, 11) is -3.60. The second-order valence-corrected chi connectivity index (χ2v) is 7.10. The zero-order valence-electron chi connectivity index (χ0n) is 11.3. The molecule has 0 saturated heterocycles. The Balaban J connectivity index is 2.06. The fourth-order valence-corrected chi connectivity index (χ4v) is 3.92. The molecule has 0 aliphatic heterocycles. The molecule has 9 heteroatoms. The summed E-state index contributed by atoms with van der Waals surface area (Å²) in [4.78, 5) is 4.44. The lowest BCUT2D eigenvalue weighted by Crippen LogP contribution is -2.27. The standard InChI is InChI=1S/C11H17N5O2S2/c1-7-11(10(5-12)16-15-7)20(17,18)13-4-3-9-6-19-8(2)14-9/h6,13H,3-5,12H2,1-2H3,(H,15,16). The molecule has 7 nitrogen and oxygen atoms in total. The van der Waals surface area contributed by atoms with Crippen LogP contribution < -0.4 is 10.5 Å². The molecule has 2 rings (SSSR count). The molecule has 4 N–H and O–H groups in total. The van der Waals surface area contributed by atoms with Crippen molar-refractivity contribution in [3.8, 4) is 0 Å². The Kier molecular flexibility index (Phi) is 4.53. The molecule has 0 radical (unpaired) electrons. The van der Waals surface area contributed by atoms with Crippen molar-refractivity contribution in [1.82, 2.24) is 19.9 Å². The Morgan fingerprint density at radius 1 is 1.45 bits per heavy atom. The summed E-state index contributed by atoms with van der Waals surface area (Å²) in [5, 5.41) is 9.44. The van der Waals surface area contributed by atoms with Crippen molar-refractivity contribution in [3.05, 3.63) is 27.5 Å². The number of H-pyrrole nitrogens is 1. The third-order valence-corrected chi connectivity index (χ3v) is 5.25. The van der Waals surface area contributed by atoms with E-state index in [1.807, 2.05) is 12.3 Å². The summed E-state index contributed by atoms with van der Waals surface area (Å²) in [6.45, 7) is 3.94. The predicted molar refractivity (Wildman–Crippen MR) is 77.0 cm³/mol. The Morgan fingerprint density at radius 3 is 2.80 bits per heavy atom. The maximum Gasteiger partial charge on any atom is 0.244 e. The van der Waals surface area contributed by atoms with E-state index in [1.165, 1.54) is 0 Å². The summed E-state index contributed by atoms with van der Waals surface area (Å²) >= 11 is 1.55. The van der Waals surface area contributed by atoms with Gasteiger partial charge in [0.15, 0.2) is 0 Å². The van der Waals surface area contributed by atoms with E-state index in [0.29, 0.717) is 24.4 Å². The van der Waals surface area contributed by atoms with E-state index < -0.39 is 10.0 Å². The third-order valence-electron chi connectivity index (χ3n) is 2.76. The minimum Gasteiger partial charge on any atom is -0.325 e. The van der Waals surface area contributed by atoms with Crippen molar-refractivity contribution in [2.75, 3.05) is 6.54 Å². The average Bonchev–Trinajstić information content (AvgIpc) is 2.95.